The molecule has 104 valence electrons. The molecule has 0 bridgehead atoms. The number of benzene rings is 2. The fourth-order valence-electron chi connectivity index (χ4n) is 2.42. The van der Waals surface area contributed by atoms with Crippen LogP contribution >= 0.6 is 11.6 Å². The zero-order valence-corrected chi connectivity index (χ0v) is 12.0. The van der Waals surface area contributed by atoms with Crippen LogP contribution in [0.15, 0.2) is 42.5 Å². The second-order valence-electron chi connectivity index (χ2n) is 4.68. The van der Waals surface area contributed by atoms with Gasteiger partial charge in [-0.1, -0.05) is 29.8 Å². The number of fused-ring (bicyclic) bond motifs is 1. The van der Waals surface area contributed by atoms with Gasteiger partial charge in [0.05, 0.1) is 6.04 Å². The lowest BCUT2D eigenvalue weighted by atomic mass is 9.98. The van der Waals surface area contributed by atoms with Gasteiger partial charge in [0.25, 0.3) is 0 Å². The summed E-state index contributed by atoms with van der Waals surface area (Å²) in [5, 5.41) is 4.06. The fraction of sp³-hybridized carbons (Fsp3) is 0.250. The fourth-order valence-corrected chi connectivity index (χ4v) is 2.55. The normalized spacial score (nSPS) is 14.9. The van der Waals surface area contributed by atoms with Crippen LogP contribution in [0.2, 0.25) is 5.02 Å². The third kappa shape index (κ3) is 2.60. The lowest BCUT2D eigenvalue weighted by Gasteiger charge is -2.22. The van der Waals surface area contributed by atoms with E-state index in [4.69, 9.17) is 21.1 Å². The van der Waals surface area contributed by atoms with Crippen LogP contribution in [0.3, 0.4) is 0 Å². The molecule has 1 N–H and O–H groups in total. The number of hydrogen-bond acceptors (Lipinski definition) is 3. The Labute approximate surface area is 123 Å². The molecule has 0 radical (unpaired) electrons. The van der Waals surface area contributed by atoms with E-state index < -0.39 is 0 Å². The molecule has 4 heteroatoms. The van der Waals surface area contributed by atoms with E-state index in [1.165, 1.54) is 0 Å². The molecule has 1 atom stereocenters. The van der Waals surface area contributed by atoms with Crippen molar-refractivity contribution in [1.82, 2.24) is 5.32 Å². The van der Waals surface area contributed by atoms with E-state index in [-0.39, 0.29) is 6.04 Å². The zero-order chi connectivity index (χ0) is 13.9. The van der Waals surface area contributed by atoms with Gasteiger partial charge in [-0.05, 0) is 42.4 Å². The van der Waals surface area contributed by atoms with Gasteiger partial charge in [0, 0.05) is 5.02 Å². The molecule has 3 rings (SSSR count). The summed E-state index contributed by atoms with van der Waals surface area (Å²) in [5.74, 6) is 1.62. The molecule has 0 saturated carbocycles. The Bertz CT molecular complexity index is 598. The Kier molecular flexibility index (Phi) is 3.81. The van der Waals surface area contributed by atoms with E-state index >= 15 is 0 Å². The average molecular weight is 290 g/mol. The van der Waals surface area contributed by atoms with Gasteiger partial charge in [0.2, 0.25) is 0 Å². The van der Waals surface area contributed by atoms with Crippen molar-refractivity contribution in [3.8, 4) is 11.5 Å². The molecule has 3 nitrogen and oxygen atoms in total. The molecule has 1 heterocycles. The average Bonchev–Trinajstić information content (AvgIpc) is 2.50. The number of nitrogens with one attached hydrogen (secondary N) is 1. The molecule has 1 aliphatic rings. The van der Waals surface area contributed by atoms with Crippen LogP contribution in [0.4, 0.5) is 0 Å². The van der Waals surface area contributed by atoms with Crippen LogP contribution < -0.4 is 14.8 Å². The SMILES string of the molecule is CNC(c1ccc(Cl)cc1)c1ccc2c(c1)OCCO2. The van der Waals surface area contributed by atoms with Crippen LogP contribution in [-0.4, -0.2) is 20.3 Å². The molecule has 1 unspecified atom stereocenters. The topological polar surface area (TPSA) is 30.5 Å². The number of rotatable bonds is 3. The molecule has 0 spiro atoms. The van der Waals surface area contributed by atoms with Gasteiger partial charge in [-0.2, -0.15) is 0 Å². The zero-order valence-electron chi connectivity index (χ0n) is 11.2. The molecule has 0 amide bonds. The number of hydrogen-bond donors (Lipinski definition) is 1. The highest BCUT2D eigenvalue weighted by Gasteiger charge is 2.17. The Hall–Kier alpha value is -1.71. The highest BCUT2D eigenvalue weighted by molar-refractivity contribution is 6.30. The minimum Gasteiger partial charge on any atom is -0.486 e. The van der Waals surface area contributed by atoms with E-state index in [1.807, 2.05) is 43.4 Å². The van der Waals surface area contributed by atoms with Crippen LogP contribution in [0.5, 0.6) is 11.5 Å². The van der Waals surface area contributed by atoms with E-state index in [1.54, 1.807) is 0 Å². The van der Waals surface area contributed by atoms with Crippen molar-refractivity contribution in [3.63, 3.8) is 0 Å². The largest absolute Gasteiger partial charge is 0.486 e. The molecular weight excluding hydrogens is 274 g/mol. The van der Waals surface area contributed by atoms with Gasteiger partial charge in [-0.3, -0.25) is 0 Å². The number of ether oxygens (including phenoxy) is 2. The highest BCUT2D eigenvalue weighted by Crippen LogP contribution is 2.34. The second-order valence-corrected chi connectivity index (χ2v) is 5.11. The van der Waals surface area contributed by atoms with Crippen molar-refractivity contribution in [2.75, 3.05) is 20.3 Å². The smallest absolute Gasteiger partial charge is 0.161 e. The minimum absolute atomic E-state index is 0.100. The summed E-state index contributed by atoms with van der Waals surface area (Å²) in [6.45, 7) is 1.21. The molecule has 1 aliphatic heterocycles. The first kappa shape index (κ1) is 13.3. The maximum atomic E-state index is 5.94. The van der Waals surface area contributed by atoms with E-state index in [0.29, 0.717) is 13.2 Å². The van der Waals surface area contributed by atoms with E-state index in [2.05, 4.69) is 11.4 Å². The van der Waals surface area contributed by atoms with Gasteiger partial charge < -0.3 is 14.8 Å². The van der Waals surface area contributed by atoms with Gasteiger partial charge in [0.15, 0.2) is 11.5 Å². The summed E-state index contributed by atoms with van der Waals surface area (Å²) in [6, 6.07) is 14.0. The lowest BCUT2D eigenvalue weighted by Crippen LogP contribution is -2.19. The molecule has 20 heavy (non-hydrogen) atoms. The second kappa shape index (κ2) is 5.73. The van der Waals surface area contributed by atoms with Crippen LogP contribution in [-0.2, 0) is 0 Å². The van der Waals surface area contributed by atoms with Crippen LogP contribution in [0, 0.1) is 0 Å². The Balaban J connectivity index is 1.94. The molecule has 0 fully saturated rings. The van der Waals surface area contributed by atoms with Gasteiger partial charge in [-0.25, -0.2) is 0 Å². The Morgan fingerprint density at radius 3 is 2.30 bits per heavy atom. The first-order valence-electron chi connectivity index (χ1n) is 6.60. The molecule has 0 aromatic heterocycles. The summed E-state index contributed by atoms with van der Waals surface area (Å²) in [7, 11) is 1.94. The summed E-state index contributed by atoms with van der Waals surface area (Å²) in [4.78, 5) is 0. The predicted molar refractivity (Wildman–Crippen MR) is 79.8 cm³/mol. The molecule has 2 aromatic carbocycles. The first-order valence-corrected chi connectivity index (χ1v) is 6.98. The van der Waals surface area contributed by atoms with Crippen molar-refractivity contribution in [1.29, 1.82) is 0 Å². The Morgan fingerprint density at radius 2 is 1.60 bits per heavy atom. The van der Waals surface area contributed by atoms with Gasteiger partial charge in [0.1, 0.15) is 13.2 Å². The maximum Gasteiger partial charge on any atom is 0.161 e. The van der Waals surface area contributed by atoms with Gasteiger partial charge >= 0.3 is 0 Å². The molecular formula is C16H16ClNO2. The molecule has 0 aliphatic carbocycles. The monoisotopic (exact) mass is 289 g/mol. The standard InChI is InChI=1S/C16H16ClNO2/c1-18-16(11-2-5-13(17)6-3-11)12-4-7-14-15(10-12)20-9-8-19-14/h2-7,10,16,18H,8-9H2,1H3. The first-order chi connectivity index (χ1) is 9.78. The lowest BCUT2D eigenvalue weighted by molar-refractivity contribution is 0.171. The quantitative estimate of drug-likeness (QED) is 0.939. The third-order valence-corrected chi connectivity index (χ3v) is 3.64. The van der Waals surface area contributed by atoms with Crippen LogP contribution in [0.25, 0.3) is 0 Å². The summed E-state index contributed by atoms with van der Waals surface area (Å²) in [5.41, 5.74) is 2.30. The van der Waals surface area contributed by atoms with E-state index in [9.17, 15) is 0 Å². The highest BCUT2D eigenvalue weighted by atomic mass is 35.5. The van der Waals surface area contributed by atoms with Crippen molar-refractivity contribution in [2.24, 2.45) is 0 Å². The van der Waals surface area contributed by atoms with Crippen molar-refractivity contribution in [2.45, 2.75) is 6.04 Å². The Morgan fingerprint density at radius 1 is 0.950 bits per heavy atom. The van der Waals surface area contributed by atoms with Crippen molar-refractivity contribution >= 4 is 11.6 Å². The predicted octanol–water partition coefficient (Wildman–Crippen LogP) is 3.42. The minimum atomic E-state index is 0.100. The van der Waals surface area contributed by atoms with E-state index in [0.717, 1.165) is 27.6 Å². The number of halogens is 1. The van der Waals surface area contributed by atoms with Crippen LogP contribution in [0.1, 0.15) is 17.2 Å². The summed E-state index contributed by atoms with van der Waals surface area (Å²) in [6.07, 6.45) is 0. The summed E-state index contributed by atoms with van der Waals surface area (Å²) < 4.78 is 11.2. The molecule has 0 saturated heterocycles. The maximum absolute atomic E-state index is 5.94. The van der Waals surface area contributed by atoms with Crippen molar-refractivity contribution in [3.05, 3.63) is 58.6 Å². The van der Waals surface area contributed by atoms with Gasteiger partial charge in [-0.15, -0.1) is 0 Å². The summed E-state index contributed by atoms with van der Waals surface area (Å²) >= 11 is 5.94. The van der Waals surface area contributed by atoms with Crippen molar-refractivity contribution < 1.29 is 9.47 Å². The molecule has 2 aromatic rings. The third-order valence-electron chi connectivity index (χ3n) is 3.39.